The van der Waals surface area contributed by atoms with E-state index in [4.69, 9.17) is 0 Å². The van der Waals surface area contributed by atoms with Gasteiger partial charge < -0.3 is 4.90 Å². The summed E-state index contributed by atoms with van der Waals surface area (Å²) in [4.78, 5) is 23.1. The maximum Gasteiger partial charge on any atom is 0.240 e. The topological polar surface area (TPSA) is 36.4 Å². The van der Waals surface area contributed by atoms with Crippen LogP contribution in [-0.2, 0) is 36.1 Å². The maximum absolute atomic E-state index is 14.1. The van der Waals surface area contributed by atoms with Crippen molar-refractivity contribution in [1.82, 2.24) is 4.98 Å². The van der Waals surface area contributed by atoms with Crippen LogP contribution >= 0.6 is 0 Å². The number of carbonyl (C=O) groups excluding carboxylic acids is 1. The molecule has 0 bridgehead atoms. The number of pyridine rings is 1. The number of hydrogen-bond donors (Lipinski definition) is 0. The Morgan fingerprint density at radius 1 is 0.811 bits per heavy atom. The van der Waals surface area contributed by atoms with Crippen LogP contribution in [0.3, 0.4) is 0 Å². The number of hydrogen-bond acceptors (Lipinski definition) is 3. The number of anilines is 2. The average Bonchev–Trinajstić information content (AvgIpc) is 3.40. The van der Waals surface area contributed by atoms with Gasteiger partial charge in [-0.2, -0.15) is 0 Å². The van der Waals surface area contributed by atoms with Crippen molar-refractivity contribution in [3.8, 4) is 0 Å². The van der Waals surface area contributed by atoms with E-state index in [1.807, 2.05) is 11.0 Å². The first-order valence-corrected chi connectivity index (χ1v) is 13.1. The molecule has 0 radical (unpaired) electrons. The fourth-order valence-electron chi connectivity index (χ4n) is 6.04. The van der Waals surface area contributed by atoms with Crippen molar-refractivity contribution < 1.29 is 4.79 Å². The van der Waals surface area contributed by atoms with Gasteiger partial charge in [0, 0.05) is 36.1 Å². The number of aromatic nitrogens is 1. The predicted molar refractivity (Wildman–Crippen MR) is 150 cm³/mol. The SMILES string of the molecule is CC(C)(C)N1C(=O)C2(Cc3ccc(N(Cc4ccccc4)Cc4ccccc4)cc3C2)c2cccnc21. The van der Waals surface area contributed by atoms with E-state index in [0.717, 1.165) is 30.9 Å². The minimum atomic E-state index is -0.568. The highest BCUT2D eigenvalue weighted by Crippen LogP contribution is 2.51. The molecule has 2 aliphatic rings. The summed E-state index contributed by atoms with van der Waals surface area (Å²) in [6.07, 6.45) is 3.24. The van der Waals surface area contributed by atoms with E-state index >= 15 is 0 Å². The molecule has 37 heavy (non-hydrogen) atoms. The van der Waals surface area contributed by atoms with E-state index in [9.17, 15) is 4.79 Å². The Labute approximate surface area is 219 Å². The normalized spacial score (nSPS) is 18.2. The van der Waals surface area contributed by atoms with Crippen molar-refractivity contribution in [3.05, 3.63) is 125 Å². The molecule has 1 aliphatic heterocycles. The van der Waals surface area contributed by atoms with E-state index in [-0.39, 0.29) is 11.4 Å². The third-order valence-corrected chi connectivity index (χ3v) is 7.77. The quantitative estimate of drug-likeness (QED) is 0.324. The van der Waals surface area contributed by atoms with Crippen molar-refractivity contribution >= 4 is 17.4 Å². The molecular formula is C33H33N3O. The van der Waals surface area contributed by atoms with Crippen LogP contribution in [0.25, 0.3) is 0 Å². The second-order valence-corrected chi connectivity index (χ2v) is 11.4. The van der Waals surface area contributed by atoms with Crippen molar-refractivity contribution in [2.24, 2.45) is 0 Å². The zero-order chi connectivity index (χ0) is 25.6. The highest BCUT2D eigenvalue weighted by molar-refractivity contribution is 6.09. The van der Waals surface area contributed by atoms with Gasteiger partial charge in [0.1, 0.15) is 5.82 Å². The van der Waals surface area contributed by atoms with Crippen molar-refractivity contribution in [1.29, 1.82) is 0 Å². The molecule has 4 nitrogen and oxygen atoms in total. The summed E-state index contributed by atoms with van der Waals surface area (Å²) in [6, 6.07) is 32.1. The Kier molecular flexibility index (Phi) is 5.63. The lowest BCUT2D eigenvalue weighted by molar-refractivity contribution is -0.123. The Balaban J connectivity index is 1.36. The zero-order valence-corrected chi connectivity index (χ0v) is 21.8. The number of amides is 1. The van der Waals surface area contributed by atoms with Crippen LogP contribution in [0.2, 0.25) is 0 Å². The Morgan fingerprint density at radius 3 is 2.05 bits per heavy atom. The highest BCUT2D eigenvalue weighted by atomic mass is 16.2. The Hall–Kier alpha value is -3.92. The fourth-order valence-corrected chi connectivity index (χ4v) is 6.04. The monoisotopic (exact) mass is 487 g/mol. The summed E-state index contributed by atoms with van der Waals surface area (Å²) in [5.41, 5.74) is 6.45. The average molecular weight is 488 g/mol. The third kappa shape index (κ3) is 4.11. The third-order valence-electron chi connectivity index (χ3n) is 7.77. The molecule has 0 N–H and O–H groups in total. The van der Waals surface area contributed by atoms with Crippen LogP contribution in [0.4, 0.5) is 11.5 Å². The largest absolute Gasteiger partial charge is 0.363 e. The molecule has 2 heterocycles. The van der Waals surface area contributed by atoms with Gasteiger partial charge >= 0.3 is 0 Å². The molecule has 1 unspecified atom stereocenters. The molecule has 1 aliphatic carbocycles. The summed E-state index contributed by atoms with van der Waals surface area (Å²) in [5.74, 6) is 1.000. The van der Waals surface area contributed by atoms with E-state index in [1.165, 1.54) is 27.9 Å². The molecule has 0 saturated carbocycles. The van der Waals surface area contributed by atoms with Crippen LogP contribution in [0, 0.1) is 0 Å². The lowest BCUT2D eigenvalue weighted by Crippen LogP contribution is -2.49. The van der Waals surface area contributed by atoms with Gasteiger partial charge in [-0.1, -0.05) is 72.8 Å². The summed E-state index contributed by atoms with van der Waals surface area (Å²) < 4.78 is 0. The first kappa shape index (κ1) is 23.5. The minimum Gasteiger partial charge on any atom is -0.363 e. The number of rotatable bonds is 5. The van der Waals surface area contributed by atoms with E-state index < -0.39 is 5.41 Å². The van der Waals surface area contributed by atoms with E-state index in [2.05, 4.69) is 116 Å². The van der Waals surface area contributed by atoms with Crippen LogP contribution in [0.15, 0.2) is 97.2 Å². The van der Waals surface area contributed by atoms with Crippen molar-refractivity contribution in [3.63, 3.8) is 0 Å². The molecule has 1 aromatic heterocycles. The highest BCUT2D eigenvalue weighted by Gasteiger charge is 2.56. The van der Waals surface area contributed by atoms with Crippen LogP contribution < -0.4 is 9.80 Å². The summed E-state index contributed by atoms with van der Waals surface area (Å²) in [5, 5.41) is 0. The van der Waals surface area contributed by atoms with Gasteiger partial charge in [0.15, 0.2) is 0 Å². The molecule has 0 fully saturated rings. The van der Waals surface area contributed by atoms with Gasteiger partial charge in [0.2, 0.25) is 5.91 Å². The summed E-state index contributed by atoms with van der Waals surface area (Å²) >= 11 is 0. The lowest BCUT2D eigenvalue weighted by Gasteiger charge is -2.33. The van der Waals surface area contributed by atoms with Gasteiger partial charge in [-0.05, 0) is 74.1 Å². The van der Waals surface area contributed by atoms with Gasteiger partial charge in [0.25, 0.3) is 0 Å². The smallest absolute Gasteiger partial charge is 0.240 e. The van der Waals surface area contributed by atoms with Crippen molar-refractivity contribution in [2.45, 2.75) is 57.7 Å². The molecule has 1 amide bonds. The first-order valence-electron chi connectivity index (χ1n) is 13.1. The molecule has 1 spiro atoms. The molecule has 1 atom stereocenters. The summed E-state index contributed by atoms with van der Waals surface area (Å²) in [7, 11) is 0. The second-order valence-electron chi connectivity index (χ2n) is 11.4. The Bertz CT molecular complexity index is 1400. The summed E-state index contributed by atoms with van der Waals surface area (Å²) in [6.45, 7) is 7.92. The van der Waals surface area contributed by atoms with Crippen LogP contribution in [-0.4, -0.2) is 16.4 Å². The van der Waals surface area contributed by atoms with Gasteiger partial charge in [-0.25, -0.2) is 4.98 Å². The minimum absolute atomic E-state index is 0.178. The van der Waals surface area contributed by atoms with Gasteiger partial charge in [0.05, 0.1) is 5.41 Å². The molecular weight excluding hydrogens is 454 g/mol. The fraction of sp³-hybridized carbons (Fsp3) is 0.273. The molecule has 6 rings (SSSR count). The van der Waals surface area contributed by atoms with E-state index in [1.54, 1.807) is 6.20 Å². The first-order chi connectivity index (χ1) is 17.8. The molecule has 186 valence electrons. The molecule has 4 aromatic rings. The van der Waals surface area contributed by atoms with Crippen LogP contribution in [0.1, 0.15) is 48.6 Å². The Morgan fingerprint density at radius 2 is 1.43 bits per heavy atom. The number of fused-ring (bicyclic) bond motifs is 3. The predicted octanol–water partition coefficient (Wildman–Crippen LogP) is 6.47. The van der Waals surface area contributed by atoms with Gasteiger partial charge in [-0.15, -0.1) is 0 Å². The van der Waals surface area contributed by atoms with Crippen molar-refractivity contribution in [2.75, 3.05) is 9.80 Å². The number of carbonyl (C=O) groups is 1. The van der Waals surface area contributed by atoms with Gasteiger partial charge in [-0.3, -0.25) is 9.69 Å². The molecule has 0 saturated heterocycles. The standard InChI is InChI=1S/C33H33N3O/c1-32(2,3)36-30-29(15-10-18-34-30)33(31(36)37)20-26-16-17-28(19-27(26)21-33)35(22-24-11-6-4-7-12-24)23-25-13-8-5-9-14-25/h4-19H,20-23H2,1-3H3. The number of nitrogens with zero attached hydrogens (tertiary/aromatic N) is 3. The van der Waals surface area contributed by atoms with Crippen LogP contribution in [0.5, 0.6) is 0 Å². The van der Waals surface area contributed by atoms with E-state index in [0.29, 0.717) is 6.42 Å². The second kappa shape index (κ2) is 8.88. The maximum atomic E-state index is 14.1. The number of benzene rings is 3. The molecule has 4 heteroatoms. The zero-order valence-electron chi connectivity index (χ0n) is 21.8. The molecule has 3 aromatic carbocycles. The lowest BCUT2D eigenvalue weighted by atomic mass is 9.79.